The molecule has 0 saturated carbocycles. The van der Waals surface area contributed by atoms with Gasteiger partial charge in [-0.25, -0.2) is 4.98 Å². The predicted octanol–water partition coefficient (Wildman–Crippen LogP) is 4.02. The molecule has 7 nitrogen and oxygen atoms in total. The largest absolute Gasteiger partial charge is 0.586 e. The number of benzene rings is 1. The first-order valence-electron chi connectivity index (χ1n) is 10.4. The molecule has 0 radical (unpaired) electrons. The molecule has 1 aromatic carbocycles. The summed E-state index contributed by atoms with van der Waals surface area (Å²) in [6, 6.07) is 6.97. The first kappa shape index (κ1) is 20.4. The van der Waals surface area contributed by atoms with Gasteiger partial charge >= 0.3 is 6.29 Å². The van der Waals surface area contributed by atoms with Crippen LogP contribution in [0.4, 0.5) is 8.78 Å². The third-order valence-electron chi connectivity index (χ3n) is 5.87. The number of aromatic nitrogens is 2. The zero-order valence-electron chi connectivity index (χ0n) is 17.5. The van der Waals surface area contributed by atoms with Gasteiger partial charge in [0.25, 0.3) is 0 Å². The van der Waals surface area contributed by atoms with E-state index in [9.17, 15) is 8.78 Å². The molecule has 1 fully saturated rings. The molecule has 0 bridgehead atoms. The number of halogens is 2. The Morgan fingerprint density at radius 3 is 2.81 bits per heavy atom. The van der Waals surface area contributed by atoms with E-state index in [4.69, 9.17) is 10.7 Å². The highest BCUT2D eigenvalue weighted by atomic mass is 19.3. The molecule has 5 rings (SSSR count). The molecule has 2 aromatic heterocycles. The maximum Gasteiger partial charge on any atom is 0.586 e. The average molecular weight is 439 g/mol. The number of nitrogens with zero attached hydrogens (tertiary/aromatic N) is 3. The molecule has 1 saturated heterocycles. The number of nitrogens with one attached hydrogen (secondary N) is 1. The second kappa shape index (κ2) is 7.90. The van der Waals surface area contributed by atoms with E-state index >= 15 is 0 Å². The third kappa shape index (κ3) is 3.91. The highest BCUT2D eigenvalue weighted by molar-refractivity contribution is 6.11. The van der Waals surface area contributed by atoms with Gasteiger partial charge in [-0.2, -0.15) is 0 Å². The minimum Gasteiger partial charge on any atom is -0.404 e. The molecule has 2 aliphatic heterocycles. The van der Waals surface area contributed by atoms with Crippen LogP contribution in [0.1, 0.15) is 18.4 Å². The van der Waals surface area contributed by atoms with Gasteiger partial charge < -0.3 is 25.1 Å². The summed E-state index contributed by atoms with van der Waals surface area (Å²) in [5.74, 6) is 0.00893. The second-order valence-corrected chi connectivity index (χ2v) is 8.09. The number of alkyl halides is 2. The van der Waals surface area contributed by atoms with Crippen LogP contribution in [0.2, 0.25) is 0 Å². The van der Waals surface area contributed by atoms with Crippen molar-refractivity contribution in [2.45, 2.75) is 25.2 Å². The Balaban J connectivity index is 1.44. The van der Waals surface area contributed by atoms with Gasteiger partial charge in [-0.05, 0) is 56.7 Å². The predicted molar refractivity (Wildman–Crippen MR) is 119 cm³/mol. The lowest BCUT2D eigenvalue weighted by atomic mass is 10.0. The Bertz CT molecular complexity index is 1210. The Kier molecular flexibility index (Phi) is 5.05. The van der Waals surface area contributed by atoms with Crippen LogP contribution in [0.15, 0.2) is 47.9 Å². The zero-order valence-corrected chi connectivity index (χ0v) is 17.5. The average Bonchev–Trinajstić information content (AvgIpc) is 3.33. The maximum atomic E-state index is 13.4. The number of pyridine rings is 1. The second-order valence-electron chi connectivity index (χ2n) is 8.09. The van der Waals surface area contributed by atoms with Crippen molar-refractivity contribution in [1.29, 1.82) is 0 Å². The normalized spacial score (nSPS) is 19.3. The van der Waals surface area contributed by atoms with Crippen LogP contribution in [0.5, 0.6) is 11.5 Å². The van der Waals surface area contributed by atoms with Crippen LogP contribution in [-0.2, 0) is 0 Å². The molecule has 3 N–H and O–H groups in total. The van der Waals surface area contributed by atoms with E-state index in [1.807, 2.05) is 12.3 Å². The molecule has 4 heterocycles. The summed E-state index contributed by atoms with van der Waals surface area (Å²) in [4.78, 5) is 14.7. The number of likely N-dealkylation sites (tertiary alicyclic amines) is 1. The number of aromatic amines is 1. The van der Waals surface area contributed by atoms with E-state index in [1.54, 1.807) is 18.5 Å². The number of H-pyrrole nitrogens is 1. The number of piperidine rings is 1. The summed E-state index contributed by atoms with van der Waals surface area (Å²) >= 11 is 0. The summed E-state index contributed by atoms with van der Waals surface area (Å²) in [6.45, 7) is 2.07. The van der Waals surface area contributed by atoms with Crippen molar-refractivity contribution in [3.63, 3.8) is 0 Å². The molecule has 0 aliphatic carbocycles. The van der Waals surface area contributed by atoms with Gasteiger partial charge in [-0.3, -0.25) is 4.99 Å². The van der Waals surface area contributed by atoms with E-state index in [0.29, 0.717) is 11.2 Å². The molecule has 0 unspecified atom stereocenters. The van der Waals surface area contributed by atoms with Crippen molar-refractivity contribution in [1.82, 2.24) is 14.9 Å². The minimum absolute atomic E-state index is 0.00114. The van der Waals surface area contributed by atoms with Crippen molar-refractivity contribution in [2.24, 2.45) is 10.7 Å². The number of aliphatic imine (C=N–C) groups is 1. The Labute approximate surface area is 183 Å². The Hall–Kier alpha value is -3.46. The first-order valence-corrected chi connectivity index (χ1v) is 10.4. The maximum absolute atomic E-state index is 13.4. The molecular weight excluding hydrogens is 416 g/mol. The van der Waals surface area contributed by atoms with E-state index in [0.717, 1.165) is 48.0 Å². The molecule has 9 heteroatoms. The highest BCUT2D eigenvalue weighted by Crippen LogP contribution is 2.43. The van der Waals surface area contributed by atoms with Gasteiger partial charge in [0, 0.05) is 46.9 Å². The summed E-state index contributed by atoms with van der Waals surface area (Å²) in [6.07, 6.45) is 5.26. The SMILES string of the molecule is CN1CCC(N=CC(=CN)c2cnc3[nH]cc(-c4ccc5c(c4)OC(F)(F)O5)c3c2)CC1. The molecular formula is C23H23F2N5O2. The fraction of sp³-hybridized carbons (Fsp3) is 0.304. The molecule has 32 heavy (non-hydrogen) atoms. The minimum atomic E-state index is -3.65. The first-order chi connectivity index (χ1) is 15.4. The summed E-state index contributed by atoms with van der Waals surface area (Å²) in [7, 11) is 2.12. The number of fused-ring (bicyclic) bond motifs is 2. The quantitative estimate of drug-likeness (QED) is 0.600. The summed E-state index contributed by atoms with van der Waals surface area (Å²) in [5, 5.41) is 0.833. The number of hydrogen-bond acceptors (Lipinski definition) is 6. The fourth-order valence-corrected chi connectivity index (χ4v) is 4.06. The van der Waals surface area contributed by atoms with Crippen LogP contribution in [0.25, 0.3) is 27.7 Å². The Morgan fingerprint density at radius 1 is 1.25 bits per heavy atom. The molecule has 0 atom stereocenters. The van der Waals surface area contributed by atoms with Crippen LogP contribution in [0, 0.1) is 0 Å². The lowest BCUT2D eigenvalue weighted by Crippen LogP contribution is -2.32. The summed E-state index contributed by atoms with van der Waals surface area (Å²) < 4.78 is 35.8. The van der Waals surface area contributed by atoms with Gasteiger partial charge in [-0.15, -0.1) is 8.78 Å². The summed E-state index contributed by atoms with van der Waals surface area (Å²) in [5.41, 5.74) is 9.68. The van der Waals surface area contributed by atoms with Crippen molar-refractivity contribution < 1.29 is 18.3 Å². The molecule has 0 spiro atoms. The van der Waals surface area contributed by atoms with Crippen LogP contribution in [0.3, 0.4) is 0 Å². The smallest absolute Gasteiger partial charge is 0.404 e. The van der Waals surface area contributed by atoms with Crippen molar-refractivity contribution in [3.05, 3.63) is 48.4 Å². The van der Waals surface area contributed by atoms with Gasteiger partial charge in [0.05, 0.1) is 6.04 Å². The zero-order chi connectivity index (χ0) is 22.3. The van der Waals surface area contributed by atoms with Crippen molar-refractivity contribution in [2.75, 3.05) is 20.1 Å². The number of hydrogen-bond donors (Lipinski definition) is 2. The lowest BCUT2D eigenvalue weighted by Gasteiger charge is -2.26. The number of rotatable bonds is 4. The van der Waals surface area contributed by atoms with Gasteiger partial charge in [-0.1, -0.05) is 6.07 Å². The number of nitrogens with two attached hydrogens (primary N) is 1. The van der Waals surface area contributed by atoms with Crippen LogP contribution < -0.4 is 15.2 Å². The molecule has 2 aliphatic rings. The standard InChI is InChI=1S/C23H23F2N5O2/c1-30-6-4-17(5-7-30)27-12-16(10-26)15-8-18-19(13-29-22(18)28-11-15)14-2-3-20-21(9-14)32-23(24,25)31-20/h2-3,8-13,17H,4-7,26H2,1H3,(H,28,29). The van der Waals surface area contributed by atoms with E-state index in [2.05, 4.69) is 31.4 Å². The fourth-order valence-electron chi connectivity index (χ4n) is 4.06. The van der Waals surface area contributed by atoms with E-state index in [1.165, 1.54) is 18.3 Å². The van der Waals surface area contributed by atoms with Crippen molar-refractivity contribution >= 4 is 22.8 Å². The molecule has 0 amide bonds. The molecule has 166 valence electrons. The third-order valence-corrected chi connectivity index (χ3v) is 5.87. The Morgan fingerprint density at radius 2 is 2.03 bits per heavy atom. The van der Waals surface area contributed by atoms with Gasteiger partial charge in [0.15, 0.2) is 11.5 Å². The monoisotopic (exact) mass is 439 g/mol. The topological polar surface area (TPSA) is 88.8 Å². The van der Waals surface area contributed by atoms with Gasteiger partial charge in [0.1, 0.15) is 5.65 Å². The number of allylic oxidation sites excluding steroid dienone is 1. The van der Waals surface area contributed by atoms with E-state index in [-0.39, 0.29) is 17.5 Å². The van der Waals surface area contributed by atoms with Crippen LogP contribution >= 0.6 is 0 Å². The number of ether oxygens (including phenoxy) is 2. The highest BCUT2D eigenvalue weighted by Gasteiger charge is 2.43. The lowest BCUT2D eigenvalue weighted by molar-refractivity contribution is -0.286. The van der Waals surface area contributed by atoms with Crippen molar-refractivity contribution in [3.8, 4) is 22.6 Å². The van der Waals surface area contributed by atoms with Gasteiger partial charge in [0.2, 0.25) is 0 Å². The van der Waals surface area contributed by atoms with E-state index < -0.39 is 6.29 Å². The molecule has 3 aromatic rings. The van der Waals surface area contributed by atoms with Crippen LogP contribution in [-0.4, -0.2) is 53.6 Å².